The number of carbonyl (C=O) groups is 2. The first-order valence-electron chi connectivity index (χ1n) is 10.2. The average molecular weight is 363 g/mol. The maximum absolute atomic E-state index is 11.9. The van der Waals surface area contributed by atoms with Gasteiger partial charge in [-0.05, 0) is 18.6 Å². The number of unbranched alkanes of at least 4 members (excludes halogenated alkanes) is 11. The number of hydrogen-bond acceptors (Lipinski definition) is 3. The van der Waals surface area contributed by atoms with Crippen LogP contribution in [0, 0.1) is 0 Å². The Balaban J connectivity index is 2.01. The van der Waals surface area contributed by atoms with Crippen molar-refractivity contribution in [2.75, 3.05) is 0 Å². The maximum atomic E-state index is 11.9. The summed E-state index contributed by atoms with van der Waals surface area (Å²) in [5.41, 5.74) is 0.0237. The van der Waals surface area contributed by atoms with Crippen molar-refractivity contribution in [2.45, 2.75) is 90.4 Å². The Kier molecular flexibility index (Phi) is 12.2. The van der Waals surface area contributed by atoms with Gasteiger partial charge in [0.1, 0.15) is 11.3 Å². The lowest BCUT2D eigenvalue weighted by atomic mass is 10.0. The molecule has 4 heteroatoms. The highest BCUT2D eigenvalue weighted by atomic mass is 16.5. The zero-order chi connectivity index (χ0) is 19.0. The maximum Gasteiger partial charge on any atom is 0.339 e. The van der Waals surface area contributed by atoms with Crippen LogP contribution >= 0.6 is 0 Å². The first-order valence-corrected chi connectivity index (χ1v) is 10.2. The number of para-hydroxylation sites is 1. The number of carboxylic acids is 1. The Hall–Kier alpha value is -1.84. The first-order chi connectivity index (χ1) is 12.6. The predicted octanol–water partition coefficient (Wildman–Crippen LogP) is 6.38. The average Bonchev–Trinajstić information content (AvgIpc) is 2.63. The third kappa shape index (κ3) is 10.2. The predicted molar refractivity (Wildman–Crippen MR) is 105 cm³/mol. The summed E-state index contributed by atoms with van der Waals surface area (Å²) in [6, 6.07) is 6.24. The van der Waals surface area contributed by atoms with E-state index in [-0.39, 0.29) is 17.3 Å². The van der Waals surface area contributed by atoms with Crippen LogP contribution < -0.4 is 4.74 Å². The van der Waals surface area contributed by atoms with Gasteiger partial charge in [0.25, 0.3) is 0 Å². The Bertz CT molecular complexity index is 525. The molecule has 146 valence electrons. The van der Waals surface area contributed by atoms with E-state index >= 15 is 0 Å². The quantitative estimate of drug-likeness (QED) is 0.223. The molecule has 0 aliphatic rings. The molecule has 1 aromatic carbocycles. The molecule has 0 aromatic heterocycles. The number of ether oxygens (including phenoxy) is 1. The van der Waals surface area contributed by atoms with E-state index in [0.717, 1.165) is 19.3 Å². The second kappa shape index (κ2) is 14.3. The highest BCUT2D eigenvalue weighted by molar-refractivity contribution is 5.91. The van der Waals surface area contributed by atoms with Gasteiger partial charge >= 0.3 is 11.9 Å². The van der Waals surface area contributed by atoms with E-state index in [1.54, 1.807) is 12.1 Å². The van der Waals surface area contributed by atoms with E-state index in [1.165, 1.54) is 69.9 Å². The fourth-order valence-electron chi connectivity index (χ4n) is 3.02. The Morgan fingerprint density at radius 1 is 0.808 bits per heavy atom. The van der Waals surface area contributed by atoms with Crippen molar-refractivity contribution >= 4 is 11.9 Å². The minimum absolute atomic E-state index is 0.0237. The summed E-state index contributed by atoms with van der Waals surface area (Å²) in [6.07, 6.45) is 15.3. The second-order valence-electron chi connectivity index (χ2n) is 6.91. The van der Waals surface area contributed by atoms with Gasteiger partial charge in [-0.3, -0.25) is 4.79 Å². The summed E-state index contributed by atoms with van der Waals surface area (Å²) < 4.78 is 5.19. The van der Waals surface area contributed by atoms with Crippen molar-refractivity contribution in [3.63, 3.8) is 0 Å². The van der Waals surface area contributed by atoms with E-state index in [0.29, 0.717) is 6.42 Å². The van der Waals surface area contributed by atoms with Gasteiger partial charge in [-0.2, -0.15) is 0 Å². The molecule has 0 radical (unpaired) electrons. The van der Waals surface area contributed by atoms with Crippen LogP contribution in [0.15, 0.2) is 24.3 Å². The van der Waals surface area contributed by atoms with Gasteiger partial charge in [0, 0.05) is 6.42 Å². The molecule has 0 saturated heterocycles. The summed E-state index contributed by atoms with van der Waals surface area (Å²) in [6.45, 7) is 2.24. The SMILES string of the molecule is CCCCCCCCCCCCCCC(=O)Oc1ccccc1C(=O)O. The molecular weight excluding hydrogens is 328 g/mol. The molecule has 1 rings (SSSR count). The third-order valence-corrected chi connectivity index (χ3v) is 4.58. The Labute approximate surface area is 158 Å². The molecule has 1 aromatic rings. The van der Waals surface area contributed by atoms with Crippen molar-refractivity contribution in [3.05, 3.63) is 29.8 Å². The summed E-state index contributed by atoms with van der Waals surface area (Å²) >= 11 is 0. The van der Waals surface area contributed by atoms with Crippen LogP contribution in [-0.2, 0) is 4.79 Å². The van der Waals surface area contributed by atoms with Gasteiger partial charge in [0.2, 0.25) is 0 Å². The molecule has 0 atom stereocenters. The van der Waals surface area contributed by atoms with Gasteiger partial charge < -0.3 is 9.84 Å². The highest BCUT2D eigenvalue weighted by Gasteiger charge is 2.13. The molecule has 26 heavy (non-hydrogen) atoms. The second-order valence-corrected chi connectivity index (χ2v) is 6.91. The van der Waals surface area contributed by atoms with E-state index in [1.807, 2.05) is 0 Å². The van der Waals surface area contributed by atoms with Gasteiger partial charge in [-0.1, -0.05) is 89.7 Å². The number of benzene rings is 1. The van der Waals surface area contributed by atoms with Crippen molar-refractivity contribution in [2.24, 2.45) is 0 Å². The number of esters is 1. The standard InChI is InChI=1S/C22H34O4/c1-2-3-4-5-6-7-8-9-10-11-12-13-18-21(23)26-20-17-15-14-16-19(20)22(24)25/h14-17H,2-13,18H2,1H3,(H,24,25). The van der Waals surface area contributed by atoms with E-state index in [9.17, 15) is 9.59 Å². The summed E-state index contributed by atoms with van der Waals surface area (Å²) in [7, 11) is 0. The zero-order valence-corrected chi connectivity index (χ0v) is 16.2. The molecule has 0 aliphatic carbocycles. The van der Waals surface area contributed by atoms with Gasteiger partial charge in [0.05, 0.1) is 0 Å². The lowest BCUT2D eigenvalue weighted by Gasteiger charge is -2.07. The zero-order valence-electron chi connectivity index (χ0n) is 16.2. The van der Waals surface area contributed by atoms with E-state index in [2.05, 4.69) is 6.92 Å². The number of carboxylic acid groups (broad SMARTS) is 1. The molecule has 0 spiro atoms. The molecule has 0 aliphatic heterocycles. The topological polar surface area (TPSA) is 63.6 Å². The molecule has 1 N–H and O–H groups in total. The molecule has 0 unspecified atom stereocenters. The third-order valence-electron chi connectivity index (χ3n) is 4.58. The van der Waals surface area contributed by atoms with Crippen LogP contribution in [0.5, 0.6) is 5.75 Å². The molecule has 0 amide bonds. The number of carbonyl (C=O) groups excluding carboxylic acids is 1. The van der Waals surface area contributed by atoms with Gasteiger partial charge in [-0.25, -0.2) is 4.79 Å². The number of aromatic carboxylic acids is 1. The minimum atomic E-state index is -1.08. The van der Waals surface area contributed by atoms with Crippen LogP contribution in [-0.4, -0.2) is 17.0 Å². The van der Waals surface area contributed by atoms with Gasteiger partial charge in [-0.15, -0.1) is 0 Å². The summed E-state index contributed by atoms with van der Waals surface area (Å²) in [5, 5.41) is 9.08. The fraction of sp³-hybridized carbons (Fsp3) is 0.636. The molecule has 0 fully saturated rings. The molecule has 0 saturated carbocycles. The van der Waals surface area contributed by atoms with Crippen molar-refractivity contribution in [3.8, 4) is 5.75 Å². The molecule has 0 heterocycles. The summed E-state index contributed by atoms with van der Waals surface area (Å²) in [5.74, 6) is -1.31. The van der Waals surface area contributed by atoms with Crippen LogP contribution in [0.25, 0.3) is 0 Å². The largest absolute Gasteiger partial charge is 0.478 e. The molecular formula is C22H34O4. The van der Waals surface area contributed by atoms with Crippen LogP contribution in [0.2, 0.25) is 0 Å². The fourth-order valence-corrected chi connectivity index (χ4v) is 3.02. The summed E-state index contributed by atoms with van der Waals surface area (Å²) in [4.78, 5) is 22.9. The number of rotatable bonds is 15. The van der Waals surface area contributed by atoms with Crippen molar-refractivity contribution in [1.29, 1.82) is 0 Å². The minimum Gasteiger partial charge on any atom is -0.478 e. The lowest BCUT2D eigenvalue weighted by molar-refractivity contribution is -0.134. The van der Waals surface area contributed by atoms with E-state index in [4.69, 9.17) is 9.84 Å². The van der Waals surface area contributed by atoms with Crippen LogP contribution in [0.4, 0.5) is 0 Å². The van der Waals surface area contributed by atoms with Crippen molar-refractivity contribution in [1.82, 2.24) is 0 Å². The first kappa shape index (κ1) is 22.2. The van der Waals surface area contributed by atoms with E-state index < -0.39 is 5.97 Å². The Morgan fingerprint density at radius 3 is 1.85 bits per heavy atom. The monoisotopic (exact) mass is 362 g/mol. The molecule has 4 nitrogen and oxygen atoms in total. The van der Waals surface area contributed by atoms with Crippen molar-refractivity contribution < 1.29 is 19.4 Å². The van der Waals surface area contributed by atoms with Gasteiger partial charge in [0.15, 0.2) is 0 Å². The smallest absolute Gasteiger partial charge is 0.339 e. The van der Waals surface area contributed by atoms with Crippen LogP contribution in [0.3, 0.4) is 0 Å². The number of hydrogen-bond donors (Lipinski definition) is 1. The molecule has 0 bridgehead atoms. The Morgan fingerprint density at radius 2 is 1.31 bits per heavy atom. The lowest BCUT2D eigenvalue weighted by Crippen LogP contribution is -2.10. The van der Waals surface area contributed by atoms with Crippen LogP contribution in [0.1, 0.15) is 101 Å². The highest BCUT2D eigenvalue weighted by Crippen LogP contribution is 2.19. The normalized spacial score (nSPS) is 10.7.